The van der Waals surface area contributed by atoms with Crippen LogP contribution >= 0.6 is 0 Å². The lowest BCUT2D eigenvalue weighted by Crippen LogP contribution is -2.39. The molecule has 2 aromatic rings. The fraction of sp³-hybridized carbons (Fsp3) is 0.333. The Bertz CT molecular complexity index is 783. The molecule has 1 aromatic carbocycles. The maximum Gasteiger partial charge on any atom is 0.272 e. The first-order valence-electron chi connectivity index (χ1n) is 8.43. The predicted octanol–water partition coefficient (Wildman–Crippen LogP) is 1.48. The van der Waals surface area contributed by atoms with Crippen LogP contribution in [0.15, 0.2) is 36.4 Å². The Kier molecular flexibility index (Phi) is 6.48. The molecule has 3 amide bonds. The second kappa shape index (κ2) is 8.80. The summed E-state index contributed by atoms with van der Waals surface area (Å²) in [6, 6.07) is 10.6. The zero-order valence-electron chi connectivity index (χ0n) is 15.1. The van der Waals surface area contributed by atoms with E-state index >= 15 is 0 Å². The number of hydrogen-bond acceptors (Lipinski definition) is 4. The highest BCUT2D eigenvalue weighted by molar-refractivity contribution is 5.97. The second-order valence-corrected chi connectivity index (χ2v) is 5.97. The van der Waals surface area contributed by atoms with Gasteiger partial charge in [-0.3, -0.25) is 14.4 Å². The van der Waals surface area contributed by atoms with Gasteiger partial charge in [-0.1, -0.05) is 25.1 Å². The third-order valence-electron chi connectivity index (χ3n) is 3.39. The van der Waals surface area contributed by atoms with Crippen molar-refractivity contribution in [1.29, 1.82) is 0 Å². The predicted molar refractivity (Wildman–Crippen MR) is 98.1 cm³/mol. The largest absolute Gasteiger partial charge is 0.352 e. The molecule has 0 saturated carbocycles. The molecule has 0 atom stereocenters. The van der Waals surface area contributed by atoms with Gasteiger partial charge in [0.25, 0.3) is 5.91 Å². The lowest BCUT2D eigenvalue weighted by atomic mass is 10.3. The van der Waals surface area contributed by atoms with E-state index in [0.717, 1.165) is 0 Å². The number of hydrogen-bond donors (Lipinski definition) is 3. The molecule has 0 aliphatic rings. The molecule has 8 heteroatoms. The monoisotopic (exact) mass is 357 g/mol. The maximum absolute atomic E-state index is 12.3. The summed E-state index contributed by atoms with van der Waals surface area (Å²) in [6.07, 6.45) is 0.302. The summed E-state index contributed by atoms with van der Waals surface area (Å²) < 4.78 is 1.48. The molecule has 0 unspecified atom stereocenters. The quantitative estimate of drug-likeness (QED) is 0.698. The highest BCUT2D eigenvalue weighted by atomic mass is 16.2. The van der Waals surface area contributed by atoms with Crippen molar-refractivity contribution in [3.8, 4) is 5.69 Å². The minimum atomic E-state index is -0.495. The van der Waals surface area contributed by atoms with Crippen molar-refractivity contribution in [1.82, 2.24) is 20.4 Å². The van der Waals surface area contributed by atoms with E-state index < -0.39 is 5.91 Å². The summed E-state index contributed by atoms with van der Waals surface area (Å²) in [5, 5.41) is 12.2. The van der Waals surface area contributed by atoms with E-state index in [0.29, 0.717) is 17.9 Å². The molecule has 0 radical (unpaired) electrons. The van der Waals surface area contributed by atoms with Gasteiger partial charge < -0.3 is 16.0 Å². The van der Waals surface area contributed by atoms with Gasteiger partial charge in [0.15, 0.2) is 5.69 Å². The standard InChI is InChI=1S/C18H23N5O3/c1-4-16(24)21-15-10-14(18(26)19-11-17(25)20-12(2)3)22-23(15)13-8-6-5-7-9-13/h5-10,12H,4,11H2,1-3H3,(H,19,26)(H,20,25)(H,21,24). The Morgan fingerprint density at radius 1 is 1.12 bits per heavy atom. The van der Waals surface area contributed by atoms with Crippen molar-refractivity contribution < 1.29 is 14.4 Å². The van der Waals surface area contributed by atoms with Crippen LogP contribution in [0.4, 0.5) is 5.82 Å². The summed E-state index contributed by atoms with van der Waals surface area (Å²) >= 11 is 0. The number of rotatable bonds is 7. The third kappa shape index (κ3) is 5.17. The molecule has 138 valence electrons. The molecule has 26 heavy (non-hydrogen) atoms. The molecule has 2 rings (SSSR count). The van der Waals surface area contributed by atoms with Gasteiger partial charge in [0, 0.05) is 18.5 Å². The molecule has 1 heterocycles. The molecule has 0 aliphatic heterocycles. The van der Waals surface area contributed by atoms with Gasteiger partial charge >= 0.3 is 0 Å². The molecule has 0 aliphatic carbocycles. The minimum Gasteiger partial charge on any atom is -0.352 e. The van der Waals surface area contributed by atoms with Crippen LogP contribution in [0.5, 0.6) is 0 Å². The number of nitrogens with zero attached hydrogens (tertiary/aromatic N) is 2. The molecular weight excluding hydrogens is 334 g/mol. The van der Waals surface area contributed by atoms with Gasteiger partial charge in [0.2, 0.25) is 11.8 Å². The van der Waals surface area contributed by atoms with Crippen LogP contribution in [0.3, 0.4) is 0 Å². The van der Waals surface area contributed by atoms with Gasteiger partial charge in [-0.05, 0) is 26.0 Å². The van der Waals surface area contributed by atoms with Crippen molar-refractivity contribution in [2.75, 3.05) is 11.9 Å². The molecule has 1 aromatic heterocycles. The summed E-state index contributed by atoms with van der Waals surface area (Å²) in [5.74, 6) is -0.578. The van der Waals surface area contributed by atoms with Gasteiger partial charge in [0.05, 0.1) is 12.2 Å². The lowest BCUT2D eigenvalue weighted by Gasteiger charge is -2.08. The van der Waals surface area contributed by atoms with E-state index in [1.165, 1.54) is 10.7 Å². The van der Waals surface area contributed by atoms with E-state index in [4.69, 9.17) is 0 Å². The summed E-state index contributed by atoms with van der Waals surface area (Å²) in [5.41, 5.74) is 0.813. The summed E-state index contributed by atoms with van der Waals surface area (Å²) in [7, 11) is 0. The molecular formula is C18H23N5O3. The van der Waals surface area contributed by atoms with E-state index in [-0.39, 0.29) is 30.1 Å². The van der Waals surface area contributed by atoms with Gasteiger partial charge in [-0.2, -0.15) is 5.10 Å². The lowest BCUT2D eigenvalue weighted by molar-refractivity contribution is -0.120. The highest BCUT2D eigenvalue weighted by Gasteiger charge is 2.17. The van der Waals surface area contributed by atoms with E-state index in [1.807, 2.05) is 44.2 Å². The Morgan fingerprint density at radius 3 is 2.42 bits per heavy atom. The maximum atomic E-state index is 12.3. The van der Waals surface area contributed by atoms with Crippen LogP contribution in [0.25, 0.3) is 5.69 Å². The first-order chi connectivity index (χ1) is 12.4. The molecule has 3 N–H and O–H groups in total. The Hall–Kier alpha value is -3.16. The number of anilines is 1. The highest BCUT2D eigenvalue weighted by Crippen LogP contribution is 2.17. The first kappa shape index (κ1) is 19.2. The number of aromatic nitrogens is 2. The van der Waals surface area contributed by atoms with Crippen LogP contribution in [0.1, 0.15) is 37.7 Å². The number of amides is 3. The van der Waals surface area contributed by atoms with E-state index in [9.17, 15) is 14.4 Å². The number of benzene rings is 1. The Labute approximate surface area is 152 Å². The van der Waals surface area contributed by atoms with Crippen molar-refractivity contribution in [3.05, 3.63) is 42.1 Å². The zero-order chi connectivity index (χ0) is 19.1. The van der Waals surface area contributed by atoms with Gasteiger partial charge in [-0.25, -0.2) is 4.68 Å². The molecule has 0 spiro atoms. The smallest absolute Gasteiger partial charge is 0.272 e. The first-order valence-corrected chi connectivity index (χ1v) is 8.43. The van der Waals surface area contributed by atoms with Gasteiger partial charge in [0.1, 0.15) is 5.82 Å². The van der Waals surface area contributed by atoms with Crippen LogP contribution in [-0.2, 0) is 9.59 Å². The van der Waals surface area contributed by atoms with Crippen molar-refractivity contribution >= 4 is 23.5 Å². The fourth-order valence-electron chi connectivity index (χ4n) is 2.20. The Balaban J connectivity index is 2.19. The molecule has 0 bridgehead atoms. The average Bonchev–Trinajstić information content (AvgIpc) is 3.03. The Morgan fingerprint density at radius 2 is 1.81 bits per heavy atom. The van der Waals surface area contributed by atoms with Crippen LogP contribution < -0.4 is 16.0 Å². The van der Waals surface area contributed by atoms with Crippen molar-refractivity contribution in [2.45, 2.75) is 33.2 Å². The number of carbonyl (C=O) groups excluding carboxylic acids is 3. The number of nitrogens with one attached hydrogen (secondary N) is 3. The van der Waals surface area contributed by atoms with Crippen LogP contribution in [-0.4, -0.2) is 40.1 Å². The normalized spacial score (nSPS) is 10.5. The summed E-state index contributed by atoms with van der Waals surface area (Å²) in [6.45, 7) is 5.26. The minimum absolute atomic E-state index is 0.00690. The molecule has 0 fully saturated rings. The molecule has 8 nitrogen and oxygen atoms in total. The third-order valence-corrected chi connectivity index (χ3v) is 3.39. The number of carbonyl (C=O) groups is 3. The van der Waals surface area contributed by atoms with Gasteiger partial charge in [-0.15, -0.1) is 0 Å². The van der Waals surface area contributed by atoms with E-state index in [2.05, 4.69) is 21.0 Å². The van der Waals surface area contributed by atoms with E-state index in [1.54, 1.807) is 6.92 Å². The SMILES string of the molecule is CCC(=O)Nc1cc(C(=O)NCC(=O)NC(C)C)nn1-c1ccccc1. The average molecular weight is 357 g/mol. The molecule has 0 saturated heterocycles. The number of para-hydroxylation sites is 1. The fourth-order valence-corrected chi connectivity index (χ4v) is 2.20. The second-order valence-electron chi connectivity index (χ2n) is 5.97. The van der Waals surface area contributed by atoms with Crippen molar-refractivity contribution in [2.24, 2.45) is 0 Å². The summed E-state index contributed by atoms with van der Waals surface area (Å²) in [4.78, 5) is 35.7. The van der Waals surface area contributed by atoms with Crippen molar-refractivity contribution in [3.63, 3.8) is 0 Å². The van der Waals surface area contributed by atoms with Crippen LogP contribution in [0.2, 0.25) is 0 Å². The van der Waals surface area contributed by atoms with Crippen LogP contribution in [0, 0.1) is 0 Å². The topological polar surface area (TPSA) is 105 Å². The zero-order valence-corrected chi connectivity index (χ0v) is 15.1.